The van der Waals surface area contributed by atoms with Crippen LogP contribution in [0.3, 0.4) is 0 Å². The Labute approximate surface area is 213 Å². The summed E-state index contributed by atoms with van der Waals surface area (Å²) in [6, 6.07) is 13.7. The molecular weight excluding hydrogens is 478 g/mol. The highest BCUT2D eigenvalue weighted by Gasteiger charge is 2.52. The molecule has 1 aromatic heterocycles. The summed E-state index contributed by atoms with van der Waals surface area (Å²) < 4.78 is 16.4. The van der Waals surface area contributed by atoms with Gasteiger partial charge >= 0.3 is 0 Å². The number of thiazole rings is 1. The first-order valence-electron chi connectivity index (χ1n) is 12.3. The Morgan fingerprint density at radius 3 is 2.78 bits per heavy atom. The molecule has 1 saturated carbocycles. The Hall–Kier alpha value is -3.14. The smallest absolute Gasteiger partial charge is 0.236 e. The van der Waals surface area contributed by atoms with Crippen molar-refractivity contribution in [3.05, 3.63) is 64.7 Å². The van der Waals surface area contributed by atoms with Crippen LogP contribution in [-0.2, 0) is 10.2 Å². The van der Waals surface area contributed by atoms with E-state index in [1.165, 1.54) is 11.3 Å². The summed E-state index contributed by atoms with van der Waals surface area (Å²) in [5.74, 6) is 2.16. The second-order valence-electron chi connectivity index (χ2n) is 9.63. The van der Waals surface area contributed by atoms with Crippen LogP contribution >= 0.6 is 11.3 Å². The maximum absolute atomic E-state index is 13.4. The number of amides is 1. The number of aliphatic hydroxyl groups excluding tert-OH is 1. The van der Waals surface area contributed by atoms with E-state index in [4.69, 9.17) is 19.2 Å². The average molecular weight is 508 g/mol. The molecule has 9 heteroatoms. The fourth-order valence-corrected chi connectivity index (χ4v) is 5.90. The number of carbonyl (C=O) groups excluding carboxylic acids is 1. The lowest BCUT2D eigenvalue weighted by Crippen LogP contribution is -2.39. The van der Waals surface area contributed by atoms with Gasteiger partial charge in [0.25, 0.3) is 0 Å². The molecule has 1 unspecified atom stereocenters. The summed E-state index contributed by atoms with van der Waals surface area (Å²) in [5, 5.41) is 15.7. The van der Waals surface area contributed by atoms with Crippen molar-refractivity contribution in [1.29, 1.82) is 0 Å². The second-order valence-corrected chi connectivity index (χ2v) is 10.5. The van der Waals surface area contributed by atoms with E-state index in [9.17, 15) is 9.90 Å². The van der Waals surface area contributed by atoms with Crippen molar-refractivity contribution >= 4 is 22.4 Å². The number of methoxy groups -OCH3 is 1. The minimum absolute atomic E-state index is 0.0405. The number of hydrogen-bond acceptors (Lipinski definition) is 8. The Balaban J connectivity index is 1.24. The number of fused-ring (bicyclic) bond motifs is 1. The first-order chi connectivity index (χ1) is 17.6. The van der Waals surface area contributed by atoms with Crippen LogP contribution in [0.1, 0.15) is 48.5 Å². The van der Waals surface area contributed by atoms with Gasteiger partial charge in [0, 0.05) is 18.5 Å². The van der Waals surface area contributed by atoms with E-state index in [1.807, 2.05) is 41.8 Å². The first kappa shape index (κ1) is 23.3. The van der Waals surface area contributed by atoms with Gasteiger partial charge in [0.1, 0.15) is 5.75 Å². The van der Waals surface area contributed by atoms with Crippen LogP contribution < -0.4 is 19.5 Å². The van der Waals surface area contributed by atoms with Crippen LogP contribution in [0.4, 0.5) is 5.13 Å². The standard InChI is InChI=1S/C27H29N3O5S/c1-33-20-4-2-3-17(13-20)24(30-11-7-19(31)8-12-30)21-15-36-26(28-21)29-25(32)27(9-10-27)18-5-6-22-23(14-18)35-16-34-22/h2-6,13-15,19,24,31H,7-12,16H2,1H3,(H,28,29,32). The lowest BCUT2D eigenvalue weighted by Gasteiger charge is -2.35. The monoisotopic (exact) mass is 507 g/mol. The van der Waals surface area contributed by atoms with E-state index in [0.717, 1.165) is 61.3 Å². The van der Waals surface area contributed by atoms with Crippen LogP contribution in [0.5, 0.6) is 17.2 Å². The number of hydrogen-bond donors (Lipinski definition) is 2. The summed E-state index contributed by atoms with van der Waals surface area (Å²) in [5.41, 5.74) is 2.35. The van der Waals surface area contributed by atoms with Crippen molar-refractivity contribution in [2.75, 3.05) is 32.3 Å². The van der Waals surface area contributed by atoms with Crippen LogP contribution in [0, 0.1) is 0 Å². The van der Waals surface area contributed by atoms with E-state index >= 15 is 0 Å². The van der Waals surface area contributed by atoms with Crippen molar-refractivity contribution in [3.8, 4) is 17.2 Å². The molecular formula is C27H29N3O5S. The van der Waals surface area contributed by atoms with Crippen molar-refractivity contribution in [1.82, 2.24) is 9.88 Å². The predicted octanol–water partition coefficient (Wildman–Crippen LogP) is 4.10. The molecule has 2 aromatic carbocycles. The average Bonchev–Trinajstić information content (AvgIpc) is 3.37. The predicted molar refractivity (Wildman–Crippen MR) is 136 cm³/mol. The maximum Gasteiger partial charge on any atom is 0.236 e. The molecule has 1 amide bonds. The maximum atomic E-state index is 13.4. The zero-order chi connectivity index (χ0) is 24.7. The first-order valence-corrected chi connectivity index (χ1v) is 13.2. The zero-order valence-electron chi connectivity index (χ0n) is 20.1. The number of likely N-dealkylation sites (tertiary alicyclic amines) is 1. The Bertz CT molecular complexity index is 1270. The number of nitrogens with zero attached hydrogens (tertiary/aromatic N) is 2. The lowest BCUT2D eigenvalue weighted by molar-refractivity contribution is -0.118. The van der Waals surface area contributed by atoms with Gasteiger partial charge < -0.3 is 24.6 Å². The molecule has 0 bridgehead atoms. The topological polar surface area (TPSA) is 93.2 Å². The number of nitrogens with one attached hydrogen (secondary N) is 1. The summed E-state index contributed by atoms with van der Waals surface area (Å²) in [4.78, 5) is 20.6. The third-order valence-corrected chi connectivity index (χ3v) is 8.18. The van der Waals surface area contributed by atoms with Crippen LogP contribution in [0.25, 0.3) is 0 Å². The van der Waals surface area contributed by atoms with Gasteiger partial charge in [-0.3, -0.25) is 9.69 Å². The highest BCUT2D eigenvalue weighted by Crippen LogP contribution is 2.51. The molecule has 1 atom stereocenters. The minimum atomic E-state index is -0.554. The van der Waals surface area contributed by atoms with E-state index < -0.39 is 5.41 Å². The third-order valence-electron chi connectivity index (χ3n) is 7.41. The van der Waals surface area contributed by atoms with Gasteiger partial charge in [0.05, 0.1) is 30.4 Å². The molecule has 2 N–H and O–H groups in total. The zero-order valence-corrected chi connectivity index (χ0v) is 20.9. The molecule has 1 saturated heterocycles. The van der Waals surface area contributed by atoms with Gasteiger partial charge in [-0.25, -0.2) is 4.98 Å². The molecule has 188 valence electrons. The highest BCUT2D eigenvalue weighted by molar-refractivity contribution is 7.14. The molecule has 2 aliphatic heterocycles. The fraction of sp³-hybridized carbons (Fsp3) is 0.407. The van der Waals surface area contributed by atoms with Crippen molar-refractivity contribution in [3.63, 3.8) is 0 Å². The Morgan fingerprint density at radius 2 is 2.00 bits per heavy atom. The van der Waals surface area contributed by atoms with Gasteiger partial charge in [-0.2, -0.15) is 0 Å². The number of benzene rings is 2. The van der Waals surface area contributed by atoms with E-state index in [2.05, 4.69) is 16.3 Å². The Kier molecular flexibility index (Phi) is 6.07. The lowest BCUT2D eigenvalue weighted by atomic mass is 9.94. The molecule has 8 nitrogen and oxygen atoms in total. The SMILES string of the molecule is COc1cccc(C(c2csc(NC(=O)C3(c4ccc5c(c4)OCO5)CC3)n2)N2CCC(O)CC2)c1. The molecule has 1 aliphatic carbocycles. The van der Waals surface area contributed by atoms with Gasteiger partial charge in [0.15, 0.2) is 16.6 Å². The number of piperidine rings is 1. The van der Waals surface area contributed by atoms with Crippen molar-refractivity contribution < 1.29 is 24.1 Å². The number of carbonyl (C=O) groups is 1. The number of rotatable bonds is 7. The minimum Gasteiger partial charge on any atom is -0.497 e. The largest absolute Gasteiger partial charge is 0.497 e. The molecule has 0 spiro atoms. The molecule has 3 heterocycles. The van der Waals surface area contributed by atoms with Crippen molar-refractivity contribution in [2.24, 2.45) is 0 Å². The Morgan fingerprint density at radius 1 is 1.19 bits per heavy atom. The fourth-order valence-electron chi connectivity index (χ4n) is 5.18. The van der Waals surface area contributed by atoms with Gasteiger partial charge in [-0.05, 0) is 61.1 Å². The number of aliphatic hydroxyl groups is 1. The summed E-state index contributed by atoms with van der Waals surface area (Å²) in [6.45, 7) is 1.76. The van der Waals surface area contributed by atoms with Crippen LogP contribution in [0.15, 0.2) is 47.8 Å². The number of ether oxygens (including phenoxy) is 3. The van der Waals surface area contributed by atoms with Gasteiger partial charge in [0.2, 0.25) is 12.7 Å². The van der Waals surface area contributed by atoms with Crippen molar-refractivity contribution in [2.45, 2.75) is 43.2 Å². The third kappa shape index (κ3) is 4.31. The number of anilines is 1. The summed E-state index contributed by atoms with van der Waals surface area (Å²) in [6.07, 6.45) is 2.78. The molecule has 2 fully saturated rings. The molecule has 6 rings (SSSR count). The quantitative estimate of drug-likeness (QED) is 0.497. The summed E-state index contributed by atoms with van der Waals surface area (Å²) >= 11 is 1.44. The van der Waals surface area contributed by atoms with Gasteiger partial charge in [-0.1, -0.05) is 18.2 Å². The normalized spacial score (nSPS) is 19.6. The number of aromatic nitrogens is 1. The molecule has 36 heavy (non-hydrogen) atoms. The molecule has 0 radical (unpaired) electrons. The van der Waals surface area contributed by atoms with Crippen LogP contribution in [0.2, 0.25) is 0 Å². The second kappa shape index (κ2) is 9.38. The van der Waals surface area contributed by atoms with E-state index in [-0.39, 0.29) is 24.8 Å². The van der Waals surface area contributed by atoms with E-state index in [1.54, 1.807) is 7.11 Å². The highest BCUT2D eigenvalue weighted by atomic mass is 32.1. The summed E-state index contributed by atoms with van der Waals surface area (Å²) in [7, 11) is 1.66. The molecule has 3 aromatic rings. The van der Waals surface area contributed by atoms with Crippen LogP contribution in [-0.4, -0.2) is 54.0 Å². The molecule has 3 aliphatic rings. The van der Waals surface area contributed by atoms with E-state index in [0.29, 0.717) is 16.6 Å². The van der Waals surface area contributed by atoms with Gasteiger partial charge in [-0.15, -0.1) is 11.3 Å².